The fraction of sp³-hybridized carbons (Fsp3) is 0.741. The summed E-state index contributed by atoms with van der Waals surface area (Å²) in [4.78, 5) is 9.03. The van der Waals surface area contributed by atoms with Crippen LogP contribution >= 0.6 is 0 Å². The van der Waals surface area contributed by atoms with Crippen molar-refractivity contribution in [3.63, 3.8) is 0 Å². The predicted octanol–water partition coefficient (Wildman–Crippen LogP) is 10.9. The van der Waals surface area contributed by atoms with E-state index in [4.69, 9.17) is 0 Å². The Morgan fingerprint density at radius 2 is 0.852 bits per heavy atom. The van der Waals surface area contributed by atoms with Gasteiger partial charge in [-0.15, -0.1) is 0 Å². The van der Waals surface area contributed by atoms with E-state index in [9.17, 15) is 10.2 Å². The van der Waals surface area contributed by atoms with Crippen LogP contribution in [0.5, 0.6) is 11.5 Å². The number of unbranched alkanes of at least 4 members (excludes halogenated alkanes) is 3. The van der Waals surface area contributed by atoms with Crippen molar-refractivity contribution in [3.05, 3.63) is 57.6 Å². The van der Waals surface area contributed by atoms with Crippen molar-refractivity contribution in [3.8, 4) is 11.5 Å². The Hall–Kier alpha value is -2.08. The van der Waals surface area contributed by atoms with Crippen LogP contribution in [0.4, 0.5) is 0 Å². The number of nitrogens with zero attached hydrogens (tertiary/aromatic N) is 2. The van der Waals surface area contributed by atoms with Gasteiger partial charge in [0.2, 0.25) is 0 Å². The second kappa shape index (κ2) is 21.3. The summed E-state index contributed by atoms with van der Waals surface area (Å²) in [5.41, 5.74) is 6.74. The van der Waals surface area contributed by atoms with Crippen LogP contribution in [-0.4, -0.2) is 52.7 Å². The van der Waals surface area contributed by atoms with E-state index in [1.165, 1.54) is 114 Å². The van der Waals surface area contributed by atoms with E-state index < -0.39 is 0 Å². The summed E-state index contributed by atoms with van der Waals surface area (Å²) >= 11 is 0. The number of nitrogens with one attached hydrogen (secondary N) is 2. The number of hydrogen-bond acceptors (Lipinski definition) is 6. The van der Waals surface area contributed by atoms with E-state index in [-0.39, 0.29) is 52.6 Å². The van der Waals surface area contributed by atoms with Crippen LogP contribution in [0, 0.1) is 35.5 Å². The molecule has 0 aliphatic heterocycles. The Kier molecular flexibility index (Phi) is 17.4. The molecule has 8 aliphatic rings. The van der Waals surface area contributed by atoms with Gasteiger partial charge in [0.15, 0.2) is 0 Å². The average molecular weight is 887 g/mol. The summed E-state index contributed by atoms with van der Waals surface area (Å²) in [6.07, 6.45) is 25.1. The summed E-state index contributed by atoms with van der Waals surface area (Å²) in [7, 11) is 3.86. The third-order valence-electron chi connectivity index (χ3n) is 15.6. The maximum absolute atomic E-state index is 13.5. The number of rotatable bonds is 13. The van der Waals surface area contributed by atoms with E-state index in [2.05, 4.69) is 100 Å². The molecule has 0 heterocycles. The molecular weight excluding hydrogens is 802 g/mol. The van der Waals surface area contributed by atoms with Crippen LogP contribution in [0.1, 0.15) is 192 Å². The molecule has 2 aromatic carbocycles. The summed E-state index contributed by atoms with van der Waals surface area (Å²) in [5, 5.41) is 33.3. The quantitative estimate of drug-likeness (QED) is 0.119. The number of benzene rings is 2. The first-order valence-electron chi connectivity index (χ1n) is 24.5. The second-order valence-corrected chi connectivity index (χ2v) is 22.8. The van der Waals surface area contributed by atoms with Crippen LogP contribution in [0.15, 0.2) is 34.3 Å². The van der Waals surface area contributed by atoms with Gasteiger partial charge in [0.05, 0.1) is 13.1 Å². The Balaban J connectivity index is 0.000000201. The van der Waals surface area contributed by atoms with Crippen LogP contribution in [0.25, 0.3) is 0 Å². The zero-order valence-corrected chi connectivity index (χ0v) is 43.5. The molecule has 0 amide bonds. The fourth-order valence-corrected chi connectivity index (χ4v) is 13.2. The first-order chi connectivity index (χ1) is 28.5. The van der Waals surface area contributed by atoms with Gasteiger partial charge in [0.25, 0.3) is 0 Å². The molecule has 334 valence electrons. The SMILES string of the molecule is CCCCCC.CNCCN=Cc1cc(C(C)(C)C)cc(C23CC4CC(CC(C4)C2)C3)c1[O-].CNCCN=Cc1cc(C(C)(C)C)cc(C23CC4CC(CC(C4)C2)C3)c1[O-].[Zn+2]. The van der Waals surface area contributed by atoms with E-state index >= 15 is 0 Å². The van der Waals surface area contributed by atoms with Gasteiger partial charge in [0, 0.05) is 25.5 Å². The number of aliphatic imine (C=N–C) groups is 2. The van der Waals surface area contributed by atoms with Gasteiger partial charge in [-0.3, -0.25) is 9.98 Å². The monoisotopic (exact) mass is 885 g/mol. The number of likely N-dealkylation sites (N-methyl/N-ethyl adjacent to an activating group) is 2. The van der Waals surface area contributed by atoms with Crippen molar-refractivity contribution in [2.45, 2.75) is 180 Å². The van der Waals surface area contributed by atoms with Gasteiger partial charge in [-0.2, -0.15) is 0 Å². The minimum Gasteiger partial charge on any atom is -0.872 e. The van der Waals surface area contributed by atoms with Crippen LogP contribution in [0.3, 0.4) is 0 Å². The fourth-order valence-electron chi connectivity index (χ4n) is 13.2. The molecule has 0 atom stereocenters. The minimum atomic E-state index is 0. The van der Waals surface area contributed by atoms with Crippen molar-refractivity contribution < 1.29 is 29.7 Å². The second-order valence-electron chi connectivity index (χ2n) is 22.8. The normalized spacial score (nSPS) is 29.7. The first-order valence-corrected chi connectivity index (χ1v) is 24.5. The van der Waals surface area contributed by atoms with Crippen molar-refractivity contribution in [2.75, 3.05) is 40.3 Å². The Bertz CT molecular complexity index is 1580. The molecule has 0 spiro atoms. The van der Waals surface area contributed by atoms with Gasteiger partial charge < -0.3 is 20.8 Å². The minimum absolute atomic E-state index is 0. The van der Waals surface area contributed by atoms with E-state index in [1.807, 2.05) is 26.5 Å². The standard InChI is InChI=1S/2C24H36N2O.C6H14.Zn/c2*1-23(2,3)20-10-19(15-26-6-5-25-4)22(27)21(11-20)24-12-16-7-17(13-24)9-18(8-16)14-24;1-3-5-6-4-2;/h2*10-11,15-18,25,27H,5-9,12-14H2,1-4H3;3-6H2,1-2H3;/q;;;+2/p-2. The van der Waals surface area contributed by atoms with E-state index in [1.54, 1.807) is 0 Å². The molecule has 8 aliphatic carbocycles. The summed E-state index contributed by atoms with van der Waals surface area (Å²) in [6.45, 7) is 21.1. The molecule has 0 aromatic heterocycles. The van der Waals surface area contributed by atoms with Crippen molar-refractivity contribution >= 4 is 12.4 Å². The van der Waals surface area contributed by atoms with Gasteiger partial charge >= 0.3 is 19.5 Å². The molecule has 8 fully saturated rings. The third-order valence-corrected chi connectivity index (χ3v) is 15.6. The van der Waals surface area contributed by atoms with Gasteiger partial charge in [-0.05, 0) is 182 Å². The largest absolute Gasteiger partial charge is 2.00 e. The molecule has 10 rings (SSSR count). The molecule has 8 saturated carbocycles. The zero-order chi connectivity index (χ0) is 43.3. The van der Waals surface area contributed by atoms with Gasteiger partial charge in [0.1, 0.15) is 0 Å². The molecule has 0 saturated heterocycles. The van der Waals surface area contributed by atoms with Crippen molar-refractivity contribution in [1.82, 2.24) is 10.6 Å². The van der Waals surface area contributed by atoms with Crippen molar-refractivity contribution in [2.24, 2.45) is 45.5 Å². The maximum atomic E-state index is 13.5. The van der Waals surface area contributed by atoms with Crippen molar-refractivity contribution in [1.29, 1.82) is 0 Å². The first kappa shape index (κ1) is 49.9. The molecular formula is C54H84N4O2Zn. The van der Waals surface area contributed by atoms with Crippen LogP contribution in [0.2, 0.25) is 0 Å². The molecule has 0 unspecified atom stereocenters. The molecule has 2 N–H and O–H groups in total. The predicted molar refractivity (Wildman–Crippen MR) is 251 cm³/mol. The van der Waals surface area contributed by atoms with Crippen LogP contribution in [-0.2, 0) is 41.1 Å². The summed E-state index contributed by atoms with van der Waals surface area (Å²) in [6, 6.07) is 8.74. The van der Waals surface area contributed by atoms with Crippen LogP contribution < -0.4 is 20.8 Å². The topological polar surface area (TPSA) is 94.9 Å². The maximum Gasteiger partial charge on any atom is 2.00 e. The Labute approximate surface area is 385 Å². The Morgan fingerprint density at radius 3 is 1.10 bits per heavy atom. The smallest absolute Gasteiger partial charge is 0.872 e. The molecule has 7 heteroatoms. The molecule has 61 heavy (non-hydrogen) atoms. The van der Waals surface area contributed by atoms with Gasteiger partial charge in [-0.25, -0.2) is 0 Å². The summed E-state index contributed by atoms with van der Waals surface area (Å²) in [5.74, 6) is 5.59. The third kappa shape index (κ3) is 12.0. The molecule has 6 nitrogen and oxygen atoms in total. The molecule has 8 bridgehead atoms. The van der Waals surface area contributed by atoms with E-state index in [0.29, 0.717) is 13.1 Å². The summed E-state index contributed by atoms with van der Waals surface area (Å²) < 4.78 is 0. The average Bonchev–Trinajstić information content (AvgIpc) is 3.17. The number of hydrogen-bond donors (Lipinski definition) is 2. The Morgan fingerprint density at radius 1 is 0.557 bits per heavy atom. The zero-order valence-electron chi connectivity index (χ0n) is 40.5. The van der Waals surface area contributed by atoms with E-state index in [0.717, 1.165) is 70.9 Å². The molecule has 0 radical (unpaired) electrons. The van der Waals surface area contributed by atoms with Gasteiger partial charge in [-0.1, -0.05) is 117 Å². The molecule has 2 aromatic rings.